The van der Waals surface area contributed by atoms with E-state index in [2.05, 4.69) is 4.74 Å². The van der Waals surface area contributed by atoms with E-state index in [1.807, 2.05) is 0 Å². The van der Waals surface area contributed by atoms with Crippen molar-refractivity contribution in [2.24, 2.45) is 5.92 Å². The highest BCUT2D eigenvalue weighted by Crippen LogP contribution is 2.39. The lowest BCUT2D eigenvalue weighted by molar-refractivity contribution is -0.241. The number of ether oxygens (including phenoxy) is 1. The number of hydrogen-bond donors (Lipinski definition) is 1. The molecule has 1 unspecified atom stereocenters. The Kier molecular flexibility index (Phi) is 7.57. The van der Waals surface area contributed by atoms with Gasteiger partial charge in [0.15, 0.2) is 0 Å². The summed E-state index contributed by atoms with van der Waals surface area (Å²) >= 11 is 0. The molecule has 0 saturated heterocycles. The van der Waals surface area contributed by atoms with Crippen LogP contribution < -0.4 is 4.13 Å². The Balaban J connectivity index is 4.75. The molecule has 0 aliphatic rings. The maximum Gasteiger partial charge on any atom is 0.471 e. The summed E-state index contributed by atoms with van der Waals surface area (Å²) in [7, 11) is -11.6. The minimum Gasteiger partial charge on any atom is -0.465 e. The lowest BCUT2D eigenvalue weighted by atomic mass is 10.1. The Morgan fingerprint density at radius 2 is 1.62 bits per heavy atom. The molecular weight excluding hydrogens is 389 g/mol. The number of sulfonamides is 2. The number of rotatable bonds is 9. The van der Waals surface area contributed by atoms with Crippen LogP contribution in [0.5, 0.6) is 0 Å². The number of nitrogens with one attached hydrogen (secondary N) is 1. The molecule has 0 rings (SSSR count). The number of esters is 1. The fourth-order valence-electron chi connectivity index (χ4n) is 1.14. The number of hydrogen-bond acceptors (Lipinski definition) is 6. The van der Waals surface area contributed by atoms with E-state index in [0.29, 0.717) is 10.5 Å². The van der Waals surface area contributed by atoms with Gasteiger partial charge in [0, 0.05) is 0 Å². The molecule has 0 bridgehead atoms. The van der Waals surface area contributed by atoms with Crippen molar-refractivity contribution in [1.29, 1.82) is 0 Å². The second-order valence-electron chi connectivity index (χ2n) is 4.75. The molecule has 0 heterocycles. The summed E-state index contributed by atoms with van der Waals surface area (Å²) in [5.41, 5.74) is 0. The molecule has 0 amide bonds. The third kappa shape index (κ3) is 6.12. The lowest BCUT2D eigenvalue weighted by Crippen LogP contribution is -2.51. The Morgan fingerprint density at radius 3 is 2.04 bits per heavy atom. The van der Waals surface area contributed by atoms with Crippen LogP contribution in [0.3, 0.4) is 0 Å². The van der Waals surface area contributed by atoms with Crippen molar-refractivity contribution in [3.8, 4) is 0 Å². The van der Waals surface area contributed by atoms with Gasteiger partial charge in [0.25, 0.3) is 10.0 Å². The van der Waals surface area contributed by atoms with Crippen LogP contribution >= 0.6 is 0 Å². The fourth-order valence-corrected chi connectivity index (χ4v) is 4.04. The standard InChI is InChI=1S/C10H16F5NO6S2/c1-3-7(2)8(17)22-5-4-6-23(18,19)16-24(20,21)10(14,15)9(11,12)13/h7,16H,3-6H2,1-2H3. The van der Waals surface area contributed by atoms with Gasteiger partial charge >= 0.3 is 17.4 Å². The van der Waals surface area contributed by atoms with Crippen molar-refractivity contribution >= 4 is 26.0 Å². The molecule has 0 spiro atoms. The summed E-state index contributed by atoms with van der Waals surface area (Å²) in [6, 6.07) is 0. The summed E-state index contributed by atoms with van der Waals surface area (Å²) in [5.74, 6) is -2.25. The van der Waals surface area contributed by atoms with Gasteiger partial charge in [0.05, 0.1) is 18.3 Å². The molecule has 24 heavy (non-hydrogen) atoms. The number of carbonyl (C=O) groups is 1. The summed E-state index contributed by atoms with van der Waals surface area (Å²) < 4.78 is 111. The van der Waals surface area contributed by atoms with Crippen LogP contribution in [0.25, 0.3) is 0 Å². The number of alkyl halides is 5. The summed E-state index contributed by atoms with van der Waals surface area (Å²) in [4.78, 5) is 11.3. The summed E-state index contributed by atoms with van der Waals surface area (Å²) in [6.45, 7) is 2.75. The molecular formula is C10H16F5NO6S2. The van der Waals surface area contributed by atoms with E-state index in [-0.39, 0.29) is 0 Å². The van der Waals surface area contributed by atoms with Crippen molar-refractivity contribution in [3.05, 3.63) is 0 Å². The first-order valence-electron chi connectivity index (χ1n) is 6.44. The van der Waals surface area contributed by atoms with Crippen molar-refractivity contribution in [2.75, 3.05) is 12.4 Å². The van der Waals surface area contributed by atoms with Crippen LogP contribution in [0.4, 0.5) is 22.0 Å². The van der Waals surface area contributed by atoms with Crippen LogP contribution in [0.2, 0.25) is 0 Å². The van der Waals surface area contributed by atoms with Crippen molar-refractivity contribution < 1.29 is 48.3 Å². The zero-order valence-corrected chi connectivity index (χ0v) is 14.2. The monoisotopic (exact) mass is 405 g/mol. The van der Waals surface area contributed by atoms with Crippen LogP contribution in [-0.4, -0.2) is 46.6 Å². The molecule has 0 saturated carbocycles. The highest BCUT2D eigenvalue weighted by Gasteiger charge is 2.68. The van der Waals surface area contributed by atoms with Crippen LogP contribution in [0.1, 0.15) is 26.7 Å². The van der Waals surface area contributed by atoms with Gasteiger partial charge in [-0.3, -0.25) is 4.79 Å². The van der Waals surface area contributed by atoms with Crippen molar-refractivity contribution in [2.45, 2.75) is 38.1 Å². The smallest absolute Gasteiger partial charge is 0.465 e. The first-order chi connectivity index (χ1) is 10.6. The minimum atomic E-state index is -6.55. The molecule has 0 aliphatic carbocycles. The van der Waals surface area contributed by atoms with Crippen LogP contribution in [0, 0.1) is 5.92 Å². The molecule has 1 atom stereocenters. The predicted octanol–water partition coefficient (Wildman–Crippen LogP) is 1.37. The molecule has 0 aromatic heterocycles. The van der Waals surface area contributed by atoms with Gasteiger partial charge in [-0.25, -0.2) is 16.8 Å². The third-order valence-electron chi connectivity index (χ3n) is 2.72. The van der Waals surface area contributed by atoms with E-state index in [0.717, 1.165) is 0 Å². The van der Waals surface area contributed by atoms with Gasteiger partial charge in [0.1, 0.15) is 0 Å². The van der Waals surface area contributed by atoms with Crippen LogP contribution in [-0.2, 0) is 29.6 Å². The van der Waals surface area contributed by atoms with E-state index in [9.17, 15) is 43.6 Å². The predicted molar refractivity (Wildman–Crippen MR) is 71.9 cm³/mol. The SMILES string of the molecule is CCC(C)C(=O)OCCCS(=O)(=O)NS(=O)(=O)C(F)(F)C(F)(F)F. The Bertz CT molecular complexity index is 643. The van der Waals surface area contributed by atoms with E-state index in [1.54, 1.807) is 6.92 Å². The van der Waals surface area contributed by atoms with Crippen LogP contribution in [0.15, 0.2) is 0 Å². The third-order valence-corrected chi connectivity index (χ3v) is 6.35. The van der Waals surface area contributed by atoms with E-state index < -0.39 is 62.1 Å². The maximum atomic E-state index is 12.8. The highest BCUT2D eigenvalue weighted by atomic mass is 32.3. The Morgan fingerprint density at radius 1 is 1.12 bits per heavy atom. The van der Waals surface area contributed by atoms with Gasteiger partial charge in [-0.2, -0.15) is 22.0 Å². The Labute approximate surface area is 135 Å². The number of carbonyl (C=O) groups excluding carboxylic acids is 1. The molecule has 0 aromatic rings. The number of halogens is 5. The molecule has 0 aromatic carbocycles. The fraction of sp³-hybridized carbons (Fsp3) is 0.900. The largest absolute Gasteiger partial charge is 0.471 e. The average molecular weight is 405 g/mol. The van der Waals surface area contributed by atoms with Gasteiger partial charge in [-0.1, -0.05) is 13.8 Å². The Hall–Kier alpha value is -1.02. The minimum absolute atomic E-state index is 0.335. The van der Waals surface area contributed by atoms with E-state index in [4.69, 9.17) is 0 Å². The first-order valence-corrected chi connectivity index (χ1v) is 9.58. The second kappa shape index (κ2) is 7.91. The molecule has 0 fully saturated rings. The highest BCUT2D eigenvalue weighted by molar-refractivity contribution is 8.05. The van der Waals surface area contributed by atoms with E-state index in [1.165, 1.54) is 6.92 Å². The second-order valence-corrected chi connectivity index (χ2v) is 8.57. The van der Waals surface area contributed by atoms with Crippen molar-refractivity contribution in [3.63, 3.8) is 0 Å². The van der Waals surface area contributed by atoms with Gasteiger partial charge in [-0.05, 0) is 12.8 Å². The molecule has 7 nitrogen and oxygen atoms in total. The van der Waals surface area contributed by atoms with Crippen molar-refractivity contribution in [1.82, 2.24) is 4.13 Å². The van der Waals surface area contributed by atoms with Gasteiger partial charge < -0.3 is 4.74 Å². The quantitative estimate of drug-likeness (QED) is 0.353. The summed E-state index contributed by atoms with van der Waals surface area (Å²) in [6.07, 6.45) is -6.53. The lowest BCUT2D eigenvalue weighted by Gasteiger charge is -2.19. The molecule has 14 heteroatoms. The molecule has 0 aliphatic heterocycles. The van der Waals surface area contributed by atoms with E-state index >= 15 is 0 Å². The average Bonchev–Trinajstić information content (AvgIpc) is 2.39. The maximum absolute atomic E-state index is 12.8. The zero-order valence-electron chi connectivity index (χ0n) is 12.6. The molecule has 144 valence electrons. The molecule has 0 radical (unpaired) electrons. The summed E-state index contributed by atoms with van der Waals surface area (Å²) in [5, 5.41) is -6.28. The topological polar surface area (TPSA) is 107 Å². The van der Waals surface area contributed by atoms with Gasteiger partial charge in [-0.15, -0.1) is 4.13 Å². The van der Waals surface area contributed by atoms with Gasteiger partial charge in [0.2, 0.25) is 10.0 Å². The normalized spacial score (nSPS) is 15.1. The zero-order chi connectivity index (χ0) is 19.4. The first kappa shape index (κ1) is 23.0. The molecule has 1 N–H and O–H groups in total.